The van der Waals surface area contributed by atoms with Gasteiger partial charge < -0.3 is 9.64 Å². The molecule has 1 aliphatic heterocycles. The largest absolute Gasteiger partial charge is 0.494 e. The molecule has 31 heavy (non-hydrogen) atoms. The van der Waals surface area contributed by atoms with Crippen LogP contribution in [0.4, 0.5) is 4.39 Å². The van der Waals surface area contributed by atoms with E-state index in [2.05, 4.69) is 18.7 Å². The van der Waals surface area contributed by atoms with E-state index in [-0.39, 0.29) is 23.4 Å². The highest BCUT2D eigenvalue weighted by Gasteiger charge is 2.24. The Labute approximate surface area is 182 Å². The lowest BCUT2D eigenvalue weighted by Crippen LogP contribution is -2.48. The lowest BCUT2D eigenvalue weighted by atomic mass is 10.0. The molecule has 1 aromatic heterocycles. The summed E-state index contributed by atoms with van der Waals surface area (Å²) in [5, 5.41) is 0.896. The number of pyridine rings is 1. The molecule has 0 N–H and O–H groups in total. The summed E-state index contributed by atoms with van der Waals surface area (Å²) in [5.74, 6) is 0.206. The number of hydrogen-bond donors (Lipinski definition) is 0. The van der Waals surface area contributed by atoms with Gasteiger partial charge in [-0.25, -0.2) is 4.39 Å². The number of fused-ring (bicyclic) bond motifs is 1. The molecule has 1 saturated heterocycles. The smallest absolute Gasteiger partial charge is 0.254 e. The minimum absolute atomic E-state index is 0.0515. The van der Waals surface area contributed by atoms with Crippen LogP contribution < -0.4 is 4.74 Å². The zero-order chi connectivity index (χ0) is 22.0. The van der Waals surface area contributed by atoms with Crippen molar-refractivity contribution in [2.75, 3.05) is 33.3 Å². The number of methoxy groups -OCH3 is 1. The molecular weight excluding hydrogens is 393 g/mol. The lowest BCUT2D eigenvalue weighted by molar-refractivity contribution is 0.0630. The zero-order valence-corrected chi connectivity index (χ0v) is 18.3. The maximum atomic E-state index is 14.0. The van der Waals surface area contributed by atoms with E-state index in [1.165, 1.54) is 13.2 Å². The van der Waals surface area contributed by atoms with Gasteiger partial charge in [0.2, 0.25) is 0 Å². The third-order valence-electron chi connectivity index (χ3n) is 5.84. The van der Waals surface area contributed by atoms with Gasteiger partial charge in [0.15, 0.2) is 11.6 Å². The summed E-state index contributed by atoms with van der Waals surface area (Å²) in [4.78, 5) is 22.3. The number of carbonyl (C=O) groups is 1. The summed E-state index contributed by atoms with van der Waals surface area (Å²) in [6, 6.07) is 14.8. The van der Waals surface area contributed by atoms with Crippen LogP contribution in [0.1, 0.15) is 41.4 Å². The molecule has 1 fully saturated rings. The molecule has 2 aromatic carbocycles. The van der Waals surface area contributed by atoms with Gasteiger partial charge in [-0.2, -0.15) is 0 Å². The van der Waals surface area contributed by atoms with Crippen LogP contribution in [0.5, 0.6) is 5.75 Å². The van der Waals surface area contributed by atoms with Crippen LogP contribution in [0.2, 0.25) is 0 Å². The van der Waals surface area contributed by atoms with Crippen molar-refractivity contribution in [1.82, 2.24) is 14.8 Å². The molecule has 0 radical (unpaired) electrons. The van der Waals surface area contributed by atoms with Gasteiger partial charge in [-0.3, -0.25) is 14.7 Å². The highest BCUT2D eigenvalue weighted by molar-refractivity contribution is 6.06. The molecule has 2 heterocycles. The van der Waals surface area contributed by atoms with Crippen LogP contribution in [0.15, 0.2) is 48.5 Å². The first-order valence-corrected chi connectivity index (χ1v) is 10.7. The van der Waals surface area contributed by atoms with E-state index in [1.54, 1.807) is 6.07 Å². The first-order chi connectivity index (χ1) is 15.0. The second kappa shape index (κ2) is 9.02. The third-order valence-corrected chi connectivity index (χ3v) is 5.84. The highest BCUT2D eigenvalue weighted by atomic mass is 19.1. The second-order valence-corrected chi connectivity index (χ2v) is 8.30. The summed E-state index contributed by atoms with van der Waals surface area (Å²) in [5.41, 5.74) is 3.42. The van der Waals surface area contributed by atoms with Crippen molar-refractivity contribution in [3.63, 3.8) is 0 Å². The molecule has 162 valence electrons. The second-order valence-electron chi connectivity index (χ2n) is 8.30. The van der Waals surface area contributed by atoms with Gasteiger partial charge in [0.25, 0.3) is 5.91 Å². The molecule has 0 spiro atoms. The number of carbonyl (C=O) groups excluding carboxylic acids is 1. The molecule has 0 aliphatic carbocycles. The average Bonchev–Trinajstić information content (AvgIpc) is 2.78. The number of aromatic nitrogens is 1. The van der Waals surface area contributed by atoms with E-state index in [0.29, 0.717) is 19.6 Å². The zero-order valence-electron chi connectivity index (χ0n) is 18.3. The summed E-state index contributed by atoms with van der Waals surface area (Å²) in [7, 11) is 1.46. The summed E-state index contributed by atoms with van der Waals surface area (Å²) in [6.07, 6.45) is 0. The van der Waals surface area contributed by atoms with Gasteiger partial charge in [0, 0.05) is 43.8 Å². The van der Waals surface area contributed by atoms with Crippen molar-refractivity contribution >= 4 is 16.8 Å². The summed E-state index contributed by atoms with van der Waals surface area (Å²) in [6.45, 7) is 7.62. The Bertz CT molecular complexity index is 1090. The van der Waals surface area contributed by atoms with Gasteiger partial charge in [-0.15, -0.1) is 0 Å². The van der Waals surface area contributed by atoms with E-state index in [4.69, 9.17) is 9.72 Å². The Hall–Kier alpha value is -2.99. The molecule has 0 bridgehead atoms. The predicted molar refractivity (Wildman–Crippen MR) is 120 cm³/mol. The fraction of sp³-hybridized carbons (Fsp3) is 0.360. The minimum Gasteiger partial charge on any atom is -0.494 e. The lowest BCUT2D eigenvalue weighted by Gasteiger charge is -2.35. The third kappa shape index (κ3) is 4.54. The van der Waals surface area contributed by atoms with Crippen LogP contribution in [-0.2, 0) is 6.54 Å². The van der Waals surface area contributed by atoms with Crippen LogP contribution in [0.3, 0.4) is 0 Å². The number of benzene rings is 2. The van der Waals surface area contributed by atoms with Crippen LogP contribution in [0, 0.1) is 5.82 Å². The first-order valence-electron chi connectivity index (χ1n) is 10.7. The molecule has 5 nitrogen and oxygen atoms in total. The first kappa shape index (κ1) is 21.2. The Morgan fingerprint density at radius 2 is 1.84 bits per heavy atom. The molecule has 4 rings (SSSR count). The van der Waals surface area contributed by atoms with E-state index in [1.807, 2.05) is 41.3 Å². The number of hydrogen-bond acceptors (Lipinski definition) is 4. The number of para-hydroxylation sites is 1. The fourth-order valence-electron chi connectivity index (χ4n) is 4.01. The summed E-state index contributed by atoms with van der Waals surface area (Å²) < 4.78 is 19.0. The quantitative estimate of drug-likeness (QED) is 0.610. The predicted octanol–water partition coefficient (Wildman–Crippen LogP) is 4.46. The average molecular weight is 422 g/mol. The number of halogens is 1. The number of nitrogens with zero attached hydrogens (tertiary/aromatic N) is 3. The Kier molecular flexibility index (Phi) is 6.18. The molecule has 0 atom stereocenters. The molecule has 0 saturated carbocycles. The normalized spacial score (nSPS) is 14.9. The molecule has 3 aromatic rings. The van der Waals surface area contributed by atoms with Crippen molar-refractivity contribution in [3.8, 4) is 5.75 Å². The molecule has 6 heteroatoms. The number of ether oxygens (including phenoxy) is 1. The van der Waals surface area contributed by atoms with Gasteiger partial charge in [0.05, 0.1) is 18.2 Å². The van der Waals surface area contributed by atoms with Crippen molar-refractivity contribution < 1.29 is 13.9 Å². The standard InChI is InChI=1S/C25H28FN3O2/c1-17(2)23-15-20(19-6-4-5-7-22(19)27-23)25(30)29-12-10-28(11-13-29)16-18-8-9-24(31-3)21(26)14-18/h4-9,14-15,17H,10-13,16H2,1-3H3. The number of piperazine rings is 1. The van der Waals surface area contributed by atoms with Crippen LogP contribution in [0.25, 0.3) is 10.9 Å². The van der Waals surface area contributed by atoms with E-state index in [0.717, 1.165) is 40.8 Å². The van der Waals surface area contributed by atoms with Crippen molar-refractivity contribution in [3.05, 3.63) is 71.2 Å². The highest BCUT2D eigenvalue weighted by Crippen LogP contribution is 2.24. The fourth-order valence-corrected chi connectivity index (χ4v) is 4.01. The van der Waals surface area contributed by atoms with Crippen molar-refractivity contribution in [1.29, 1.82) is 0 Å². The van der Waals surface area contributed by atoms with Gasteiger partial charge in [0.1, 0.15) is 0 Å². The van der Waals surface area contributed by atoms with E-state index in [9.17, 15) is 9.18 Å². The maximum absolute atomic E-state index is 14.0. The maximum Gasteiger partial charge on any atom is 0.254 e. The number of amides is 1. The van der Waals surface area contributed by atoms with Crippen molar-refractivity contribution in [2.45, 2.75) is 26.3 Å². The topological polar surface area (TPSA) is 45.7 Å². The SMILES string of the molecule is COc1ccc(CN2CCN(C(=O)c3cc(C(C)C)nc4ccccc34)CC2)cc1F. The van der Waals surface area contributed by atoms with Gasteiger partial charge in [-0.1, -0.05) is 38.1 Å². The Morgan fingerprint density at radius 1 is 1.10 bits per heavy atom. The van der Waals surface area contributed by atoms with Crippen molar-refractivity contribution in [2.24, 2.45) is 0 Å². The molecular formula is C25H28FN3O2. The Balaban J connectivity index is 1.47. The van der Waals surface area contributed by atoms with E-state index < -0.39 is 0 Å². The molecule has 0 unspecified atom stereocenters. The van der Waals surface area contributed by atoms with Gasteiger partial charge >= 0.3 is 0 Å². The minimum atomic E-state index is -0.348. The number of rotatable bonds is 5. The molecule has 1 amide bonds. The van der Waals surface area contributed by atoms with Crippen LogP contribution in [-0.4, -0.2) is 54.0 Å². The molecule has 1 aliphatic rings. The van der Waals surface area contributed by atoms with Gasteiger partial charge in [-0.05, 0) is 35.7 Å². The van der Waals surface area contributed by atoms with Crippen LogP contribution >= 0.6 is 0 Å². The Morgan fingerprint density at radius 3 is 2.52 bits per heavy atom. The monoisotopic (exact) mass is 421 g/mol. The summed E-state index contributed by atoms with van der Waals surface area (Å²) >= 11 is 0. The van der Waals surface area contributed by atoms with E-state index >= 15 is 0 Å².